The summed E-state index contributed by atoms with van der Waals surface area (Å²) in [5.74, 6) is 1.18. The molecule has 1 aromatic rings. The molecule has 0 atom stereocenters. The topological polar surface area (TPSA) is 72.9 Å². The van der Waals surface area contributed by atoms with E-state index in [4.69, 9.17) is 11.6 Å². The van der Waals surface area contributed by atoms with Crippen LogP contribution in [0.15, 0.2) is 11.2 Å². The first-order valence-electron chi connectivity index (χ1n) is 9.64. The predicted molar refractivity (Wildman–Crippen MR) is 111 cm³/mol. The van der Waals surface area contributed by atoms with Crippen molar-refractivity contribution in [2.75, 3.05) is 69.6 Å². The van der Waals surface area contributed by atoms with Crippen LogP contribution in [-0.4, -0.2) is 101 Å². The fourth-order valence-electron chi connectivity index (χ4n) is 3.39. The molecule has 28 heavy (non-hydrogen) atoms. The number of thioether (sulfide) groups is 1. The molecule has 0 bridgehead atoms. The van der Waals surface area contributed by atoms with E-state index < -0.39 is 0 Å². The number of likely N-dealkylation sites (N-methyl/N-ethyl adjacent to an activating group) is 1. The Hall–Kier alpha value is -1.58. The van der Waals surface area contributed by atoms with Gasteiger partial charge in [-0.1, -0.05) is 30.3 Å². The molecule has 10 heteroatoms. The molecule has 2 amide bonds. The standard InChI is InChI=1S/C18H27ClN6O2S/c1-3-22-4-6-24(7-5-22)16-12-15(19)20-18(21-16)28-13-17(27)25-10-8-23(9-11-25)14(2)26/h12H,3-11,13H2,1-2H3. The zero-order chi connectivity index (χ0) is 20.1. The number of nitrogens with zero attached hydrogens (tertiary/aromatic N) is 6. The maximum absolute atomic E-state index is 12.5. The Labute approximate surface area is 175 Å². The Morgan fingerprint density at radius 1 is 1.04 bits per heavy atom. The smallest absolute Gasteiger partial charge is 0.233 e. The molecule has 154 valence electrons. The van der Waals surface area contributed by atoms with Crippen LogP contribution in [0.5, 0.6) is 0 Å². The monoisotopic (exact) mass is 426 g/mol. The second-order valence-electron chi connectivity index (χ2n) is 6.93. The molecule has 3 rings (SSSR count). The summed E-state index contributed by atoms with van der Waals surface area (Å²) in [4.78, 5) is 40.9. The quantitative estimate of drug-likeness (QED) is 0.396. The molecule has 0 spiro atoms. The molecule has 0 radical (unpaired) electrons. The van der Waals surface area contributed by atoms with Gasteiger partial charge in [0.2, 0.25) is 11.8 Å². The second-order valence-corrected chi connectivity index (χ2v) is 8.26. The Bertz CT molecular complexity index is 705. The average Bonchev–Trinajstić information content (AvgIpc) is 2.71. The minimum absolute atomic E-state index is 0.0369. The van der Waals surface area contributed by atoms with E-state index in [9.17, 15) is 9.59 Å². The Balaban J connectivity index is 1.54. The first-order chi connectivity index (χ1) is 13.5. The fourth-order valence-corrected chi connectivity index (χ4v) is 4.38. The van der Waals surface area contributed by atoms with E-state index in [0.29, 0.717) is 36.5 Å². The van der Waals surface area contributed by atoms with E-state index in [1.54, 1.807) is 22.8 Å². The zero-order valence-corrected chi connectivity index (χ0v) is 18.0. The van der Waals surface area contributed by atoms with Crippen LogP contribution in [0.1, 0.15) is 13.8 Å². The number of anilines is 1. The molecule has 0 saturated carbocycles. The number of hydrogen-bond donors (Lipinski definition) is 0. The predicted octanol–water partition coefficient (Wildman–Crippen LogP) is 1.05. The van der Waals surface area contributed by atoms with Gasteiger partial charge in [-0.2, -0.15) is 0 Å². The minimum atomic E-state index is 0.0369. The van der Waals surface area contributed by atoms with Gasteiger partial charge in [0.05, 0.1) is 5.75 Å². The van der Waals surface area contributed by atoms with Gasteiger partial charge in [-0.3, -0.25) is 9.59 Å². The van der Waals surface area contributed by atoms with Gasteiger partial charge in [-0.25, -0.2) is 9.97 Å². The number of amides is 2. The highest BCUT2D eigenvalue weighted by Crippen LogP contribution is 2.23. The van der Waals surface area contributed by atoms with Gasteiger partial charge >= 0.3 is 0 Å². The van der Waals surface area contributed by atoms with Crippen LogP contribution in [0.25, 0.3) is 0 Å². The van der Waals surface area contributed by atoms with Crippen LogP contribution in [0.2, 0.25) is 5.15 Å². The highest BCUT2D eigenvalue weighted by atomic mass is 35.5. The Morgan fingerprint density at radius 3 is 2.29 bits per heavy atom. The normalized spacial score (nSPS) is 18.5. The van der Waals surface area contributed by atoms with E-state index >= 15 is 0 Å². The number of piperazine rings is 2. The van der Waals surface area contributed by atoms with Crippen molar-refractivity contribution >= 4 is 41.0 Å². The van der Waals surface area contributed by atoms with Crippen LogP contribution in [0.4, 0.5) is 5.82 Å². The summed E-state index contributed by atoms with van der Waals surface area (Å²) in [6, 6.07) is 1.79. The molecular formula is C18H27ClN6O2S. The third-order valence-electron chi connectivity index (χ3n) is 5.21. The molecule has 0 aliphatic carbocycles. The number of hydrogen-bond acceptors (Lipinski definition) is 7. The molecule has 8 nitrogen and oxygen atoms in total. The van der Waals surface area contributed by atoms with Crippen LogP contribution in [0, 0.1) is 0 Å². The van der Waals surface area contributed by atoms with E-state index in [1.165, 1.54) is 11.8 Å². The molecule has 3 heterocycles. The zero-order valence-electron chi connectivity index (χ0n) is 16.4. The average molecular weight is 427 g/mol. The van der Waals surface area contributed by atoms with Crippen molar-refractivity contribution in [2.45, 2.75) is 19.0 Å². The lowest BCUT2D eigenvalue weighted by Gasteiger charge is -2.35. The van der Waals surface area contributed by atoms with Gasteiger partial charge in [0.1, 0.15) is 11.0 Å². The maximum Gasteiger partial charge on any atom is 0.233 e. The van der Waals surface area contributed by atoms with Crippen molar-refractivity contribution in [2.24, 2.45) is 0 Å². The second kappa shape index (κ2) is 9.76. The number of aromatic nitrogens is 2. The van der Waals surface area contributed by atoms with Crippen LogP contribution >= 0.6 is 23.4 Å². The molecule has 2 fully saturated rings. The van der Waals surface area contributed by atoms with Crippen LogP contribution in [0.3, 0.4) is 0 Å². The summed E-state index contributed by atoms with van der Waals surface area (Å²) >= 11 is 7.51. The SMILES string of the molecule is CCN1CCN(c2cc(Cl)nc(SCC(=O)N3CCN(C(C)=O)CC3)n2)CC1. The van der Waals surface area contributed by atoms with Gasteiger partial charge < -0.3 is 19.6 Å². The lowest BCUT2D eigenvalue weighted by atomic mass is 10.3. The van der Waals surface area contributed by atoms with Crippen LogP contribution in [-0.2, 0) is 9.59 Å². The van der Waals surface area contributed by atoms with Gasteiger partial charge in [-0.05, 0) is 6.54 Å². The molecule has 2 aliphatic heterocycles. The van der Waals surface area contributed by atoms with Crippen LogP contribution < -0.4 is 4.90 Å². The van der Waals surface area contributed by atoms with Crippen molar-refractivity contribution in [1.82, 2.24) is 24.7 Å². The largest absolute Gasteiger partial charge is 0.354 e. The molecule has 0 N–H and O–H groups in total. The summed E-state index contributed by atoms with van der Waals surface area (Å²) in [5, 5.41) is 0.920. The van der Waals surface area contributed by atoms with E-state index in [0.717, 1.165) is 38.5 Å². The van der Waals surface area contributed by atoms with Crippen molar-refractivity contribution in [1.29, 1.82) is 0 Å². The number of carbonyl (C=O) groups excluding carboxylic acids is 2. The van der Waals surface area contributed by atoms with Gasteiger partial charge in [0, 0.05) is 65.3 Å². The lowest BCUT2D eigenvalue weighted by molar-refractivity contribution is -0.136. The minimum Gasteiger partial charge on any atom is -0.354 e. The third kappa shape index (κ3) is 5.48. The van der Waals surface area contributed by atoms with E-state index in [1.807, 2.05) is 0 Å². The number of rotatable bonds is 5. The number of halogens is 1. The Morgan fingerprint density at radius 2 is 1.68 bits per heavy atom. The summed E-state index contributed by atoms with van der Waals surface area (Å²) < 4.78 is 0. The van der Waals surface area contributed by atoms with Crippen molar-refractivity contribution < 1.29 is 9.59 Å². The first kappa shape index (κ1) is 21.1. The molecule has 2 aliphatic rings. The van der Waals surface area contributed by atoms with Gasteiger partial charge in [0.25, 0.3) is 0 Å². The molecule has 1 aromatic heterocycles. The van der Waals surface area contributed by atoms with Crippen molar-refractivity contribution in [3.05, 3.63) is 11.2 Å². The number of carbonyl (C=O) groups is 2. The summed E-state index contributed by atoms with van der Waals surface area (Å²) in [5.41, 5.74) is 0. The highest BCUT2D eigenvalue weighted by Gasteiger charge is 2.23. The van der Waals surface area contributed by atoms with E-state index in [-0.39, 0.29) is 17.6 Å². The summed E-state index contributed by atoms with van der Waals surface area (Å²) in [7, 11) is 0. The molecule has 2 saturated heterocycles. The Kier molecular flexibility index (Phi) is 7.36. The van der Waals surface area contributed by atoms with Crippen molar-refractivity contribution in [3.8, 4) is 0 Å². The molecule has 0 unspecified atom stereocenters. The summed E-state index contributed by atoms with van der Waals surface area (Å²) in [6.45, 7) is 10.9. The molecule has 0 aromatic carbocycles. The van der Waals surface area contributed by atoms with Gasteiger partial charge in [0.15, 0.2) is 5.16 Å². The first-order valence-corrected chi connectivity index (χ1v) is 11.0. The maximum atomic E-state index is 12.5. The fraction of sp³-hybridized carbons (Fsp3) is 0.667. The third-order valence-corrected chi connectivity index (χ3v) is 6.23. The van der Waals surface area contributed by atoms with Crippen molar-refractivity contribution in [3.63, 3.8) is 0 Å². The lowest BCUT2D eigenvalue weighted by Crippen LogP contribution is -2.50. The highest BCUT2D eigenvalue weighted by molar-refractivity contribution is 7.99. The van der Waals surface area contributed by atoms with E-state index in [2.05, 4.69) is 26.7 Å². The van der Waals surface area contributed by atoms with Gasteiger partial charge in [-0.15, -0.1) is 0 Å². The molecular weight excluding hydrogens is 400 g/mol. The summed E-state index contributed by atoms with van der Waals surface area (Å²) in [6.07, 6.45) is 0.